The molecule has 0 spiro atoms. The number of rotatable bonds is 6. The molecule has 0 amide bonds. The van der Waals surface area contributed by atoms with E-state index in [1.54, 1.807) is 6.07 Å². The maximum Gasteiger partial charge on any atom is 0.191 e. The average molecular weight is 397 g/mol. The number of hydrogen-bond acceptors (Lipinski definition) is 5. The largest absolute Gasteiger partial charge is 0.386 e. The van der Waals surface area contributed by atoms with Gasteiger partial charge in [0, 0.05) is 30.3 Å². The molecule has 9 heteroatoms. The lowest BCUT2D eigenvalue weighted by atomic mass is 10.1. The predicted octanol–water partition coefficient (Wildman–Crippen LogP) is 2.16. The summed E-state index contributed by atoms with van der Waals surface area (Å²) in [6, 6.07) is 3.87. The summed E-state index contributed by atoms with van der Waals surface area (Å²) in [4.78, 5) is 9.91. The normalized spacial score (nSPS) is 18.5. The smallest absolute Gasteiger partial charge is 0.191 e. The van der Waals surface area contributed by atoms with Crippen molar-refractivity contribution in [3.05, 3.63) is 33.0 Å². The van der Waals surface area contributed by atoms with Crippen molar-refractivity contribution in [1.29, 1.82) is 0 Å². The van der Waals surface area contributed by atoms with Gasteiger partial charge < -0.3 is 15.7 Å². The number of halogens is 1. The molecule has 0 saturated carbocycles. The number of aromatic nitrogens is 3. The highest BCUT2D eigenvalue weighted by molar-refractivity contribution is 7.16. The number of guanidine groups is 1. The molecule has 0 bridgehead atoms. The fourth-order valence-electron chi connectivity index (χ4n) is 2.92. The van der Waals surface area contributed by atoms with Crippen LogP contribution in [0.25, 0.3) is 0 Å². The minimum atomic E-state index is -0.650. The van der Waals surface area contributed by atoms with Crippen LogP contribution in [0.2, 0.25) is 4.34 Å². The zero-order valence-electron chi connectivity index (χ0n) is 15.1. The summed E-state index contributed by atoms with van der Waals surface area (Å²) < 4.78 is 2.66. The van der Waals surface area contributed by atoms with Crippen LogP contribution in [0.1, 0.15) is 42.9 Å². The van der Waals surface area contributed by atoms with Crippen LogP contribution in [-0.4, -0.2) is 45.0 Å². The van der Waals surface area contributed by atoms with Gasteiger partial charge in [0.1, 0.15) is 11.9 Å². The van der Waals surface area contributed by atoms with Gasteiger partial charge in [-0.2, -0.15) is 5.10 Å². The van der Waals surface area contributed by atoms with Gasteiger partial charge in [0.15, 0.2) is 11.8 Å². The molecule has 2 atom stereocenters. The van der Waals surface area contributed by atoms with Crippen molar-refractivity contribution in [3.8, 4) is 0 Å². The Kier molecular flexibility index (Phi) is 6.50. The van der Waals surface area contributed by atoms with E-state index in [4.69, 9.17) is 11.6 Å². The Morgan fingerprint density at radius 3 is 3.04 bits per heavy atom. The summed E-state index contributed by atoms with van der Waals surface area (Å²) in [5.74, 6) is 2.67. The second kappa shape index (κ2) is 8.83. The van der Waals surface area contributed by atoms with Crippen molar-refractivity contribution in [2.24, 2.45) is 4.99 Å². The van der Waals surface area contributed by atoms with Crippen LogP contribution in [0, 0.1) is 0 Å². The minimum absolute atomic E-state index is 0.236. The number of thiophene rings is 1. The molecule has 2 aromatic rings. The fourth-order valence-corrected chi connectivity index (χ4v) is 3.95. The molecule has 1 aliphatic rings. The number of hydrogen-bond donors (Lipinski definition) is 3. The van der Waals surface area contributed by atoms with Gasteiger partial charge in [-0.05, 0) is 25.5 Å². The van der Waals surface area contributed by atoms with Crippen LogP contribution in [0.15, 0.2) is 17.1 Å². The number of nitrogens with one attached hydrogen (secondary N) is 2. The Labute approximate surface area is 162 Å². The monoisotopic (exact) mass is 396 g/mol. The number of aliphatic hydroxyl groups is 1. The topological polar surface area (TPSA) is 87.4 Å². The van der Waals surface area contributed by atoms with Crippen LogP contribution in [0.4, 0.5) is 0 Å². The summed E-state index contributed by atoms with van der Waals surface area (Å²) in [6.07, 6.45) is 2.09. The molecular formula is C17H25ClN6OS. The van der Waals surface area contributed by atoms with E-state index in [9.17, 15) is 5.11 Å². The third kappa shape index (κ3) is 4.75. The Balaban J connectivity index is 1.61. The lowest BCUT2D eigenvalue weighted by Crippen LogP contribution is -2.47. The van der Waals surface area contributed by atoms with E-state index in [0.29, 0.717) is 10.3 Å². The Morgan fingerprint density at radius 1 is 1.50 bits per heavy atom. The number of aliphatic hydroxyl groups excluding tert-OH is 1. The highest BCUT2D eigenvalue weighted by atomic mass is 35.5. The third-order valence-electron chi connectivity index (χ3n) is 4.25. The maximum atomic E-state index is 10.3. The molecule has 0 saturated heterocycles. The molecule has 26 heavy (non-hydrogen) atoms. The molecule has 0 aliphatic carbocycles. The molecule has 0 fully saturated rings. The Hall–Kier alpha value is -1.64. The summed E-state index contributed by atoms with van der Waals surface area (Å²) in [5.41, 5.74) is 0. The SMILES string of the molecule is CCNC(=NCC(O)c1ccc(Cl)s1)NC1CCc2nc(CC)nn2C1. The molecule has 2 aromatic heterocycles. The third-order valence-corrected chi connectivity index (χ3v) is 5.58. The summed E-state index contributed by atoms with van der Waals surface area (Å²) in [6.45, 7) is 5.91. The van der Waals surface area contributed by atoms with E-state index in [2.05, 4.69) is 32.6 Å². The van der Waals surface area contributed by atoms with Crippen LogP contribution in [-0.2, 0) is 19.4 Å². The Bertz CT molecular complexity index is 758. The first-order valence-corrected chi connectivity index (χ1v) is 10.2. The number of aryl methyl sites for hydroxylation is 2. The zero-order chi connectivity index (χ0) is 18.5. The molecule has 3 N–H and O–H groups in total. The Morgan fingerprint density at radius 2 is 2.35 bits per heavy atom. The molecule has 0 radical (unpaired) electrons. The number of nitrogens with zero attached hydrogens (tertiary/aromatic N) is 4. The first-order valence-electron chi connectivity index (χ1n) is 8.99. The highest BCUT2D eigenvalue weighted by Crippen LogP contribution is 2.26. The highest BCUT2D eigenvalue weighted by Gasteiger charge is 2.22. The van der Waals surface area contributed by atoms with Crippen LogP contribution in [0.3, 0.4) is 0 Å². The van der Waals surface area contributed by atoms with Gasteiger partial charge in [0.25, 0.3) is 0 Å². The summed E-state index contributed by atoms with van der Waals surface area (Å²) in [5, 5.41) is 21.5. The van der Waals surface area contributed by atoms with Crippen molar-refractivity contribution in [3.63, 3.8) is 0 Å². The van der Waals surface area contributed by atoms with Gasteiger partial charge in [0.2, 0.25) is 0 Å². The van der Waals surface area contributed by atoms with Gasteiger partial charge in [-0.25, -0.2) is 9.67 Å². The van der Waals surface area contributed by atoms with E-state index in [1.165, 1.54) is 11.3 Å². The van der Waals surface area contributed by atoms with Crippen molar-refractivity contribution in [2.75, 3.05) is 13.1 Å². The number of aliphatic imine (C=N–C) groups is 1. The van der Waals surface area contributed by atoms with Crippen molar-refractivity contribution >= 4 is 28.9 Å². The van der Waals surface area contributed by atoms with Gasteiger partial charge in [-0.1, -0.05) is 18.5 Å². The average Bonchev–Trinajstić information content (AvgIpc) is 3.25. The van der Waals surface area contributed by atoms with E-state index >= 15 is 0 Å². The van der Waals surface area contributed by atoms with Crippen molar-refractivity contribution in [1.82, 2.24) is 25.4 Å². The van der Waals surface area contributed by atoms with Gasteiger partial charge in [-0.15, -0.1) is 11.3 Å². The first kappa shape index (κ1) is 19.1. The van der Waals surface area contributed by atoms with Crippen LogP contribution < -0.4 is 10.6 Å². The molecule has 2 unspecified atom stereocenters. The lowest BCUT2D eigenvalue weighted by Gasteiger charge is -2.25. The van der Waals surface area contributed by atoms with E-state index < -0.39 is 6.10 Å². The summed E-state index contributed by atoms with van der Waals surface area (Å²) >= 11 is 7.31. The molecule has 7 nitrogen and oxygen atoms in total. The van der Waals surface area contributed by atoms with E-state index in [0.717, 1.165) is 48.9 Å². The molecule has 3 rings (SSSR count). The van der Waals surface area contributed by atoms with Crippen LogP contribution >= 0.6 is 22.9 Å². The second-order valence-corrected chi connectivity index (χ2v) is 7.98. The van der Waals surface area contributed by atoms with E-state index in [-0.39, 0.29) is 12.6 Å². The van der Waals surface area contributed by atoms with Crippen LogP contribution in [0.5, 0.6) is 0 Å². The van der Waals surface area contributed by atoms with Crippen molar-refractivity contribution in [2.45, 2.75) is 51.8 Å². The molecule has 142 valence electrons. The summed E-state index contributed by atoms with van der Waals surface area (Å²) in [7, 11) is 0. The molecular weight excluding hydrogens is 372 g/mol. The number of fused-ring (bicyclic) bond motifs is 1. The predicted molar refractivity (Wildman–Crippen MR) is 105 cm³/mol. The fraction of sp³-hybridized carbons (Fsp3) is 0.588. The second-order valence-electron chi connectivity index (χ2n) is 6.24. The van der Waals surface area contributed by atoms with Gasteiger partial charge in [-0.3, -0.25) is 4.99 Å². The molecule has 0 aromatic carbocycles. The van der Waals surface area contributed by atoms with Gasteiger partial charge >= 0.3 is 0 Å². The zero-order valence-corrected chi connectivity index (χ0v) is 16.6. The standard InChI is InChI=1S/C17H25ClN6OS/c1-3-15-22-16-8-5-11(10-24(16)23-15)21-17(19-4-2)20-9-12(25)13-6-7-14(18)26-13/h6-7,11-12,25H,3-5,8-10H2,1-2H3,(H2,19,20,21). The van der Waals surface area contributed by atoms with E-state index in [1.807, 2.05) is 17.7 Å². The molecule has 1 aliphatic heterocycles. The van der Waals surface area contributed by atoms with Gasteiger partial charge in [0.05, 0.1) is 17.4 Å². The molecule has 3 heterocycles. The van der Waals surface area contributed by atoms with Crippen molar-refractivity contribution < 1.29 is 5.11 Å². The lowest BCUT2D eigenvalue weighted by molar-refractivity contribution is 0.191. The minimum Gasteiger partial charge on any atom is -0.386 e. The first-order chi connectivity index (χ1) is 12.6. The quantitative estimate of drug-likeness (QED) is 0.514. The maximum absolute atomic E-state index is 10.3.